The van der Waals surface area contributed by atoms with Crippen molar-refractivity contribution in [3.8, 4) is 0 Å². The summed E-state index contributed by atoms with van der Waals surface area (Å²) in [6.07, 6.45) is 0. The number of rotatable bonds is 7. The minimum absolute atomic E-state index is 0.134. The number of carbonyl (C=O) groups excluding carboxylic acids is 1. The van der Waals surface area contributed by atoms with Crippen molar-refractivity contribution in [2.24, 2.45) is 0 Å². The minimum atomic E-state index is -3.96. The average molecular weight is 498 g/mol. The van der Waals surface area contributed by atoms with Crippen LogP contribution < -0.4 is 4.31 Å². The van der Waals surface area contributed by atoms with E-state index in [0.29, 0.717) is 23.8 Å². The third-order valence-corrected chi connectivity index (χ3v) is 8.03. The lowest BCUT2D eigenvalue weighted by Gasteiger charge is -2.36. The highest BCUT2D eigenvalue weighted by atomic mass is 35.5. The Kier molecular flexibility index (Phi) is 7.56. The molecule has 3 aromatic rings. The summed E-state index contributed by atoms with van der Waals surface area (Å²) in [4.78, 5) is 17.5. The maximum Gasteiger partial charge on any atom is 0.264 e. The van der Waals surface area contributed by atoms with Crippen molar-refractivity contribution >= 4 is 33.2 Å². The van der Waals surface area contributed by atoms with E-state index in [9.17, 15) is 13.2 Å². The number of hydrogen-bond acceptors (Lipinski definition) is 4. The average Bonchev–Trinajstić information content (AvgIpc) is 2.85. The third kappa shape index (κ3) is 5.60. The van der Waals surface area contributed by atoms with Gasteiger partial charge < -0.3 is 4.90 Å². The van der Waals surface area contributed by atoms with Crippen LogP contribution in [-0.4, -0.2) is 56.8 Å². The van der Waals surface area contributed by atoms with Crippen LogP contribution in [0.1, 0.15) is 11.1 Å². The van der Waals surface area contributed by atoms with Gasteiger partial charge in [0.2, 0.25) is 5.91 Å². The molecule has 1 saturated heterocycles. The van der Waals surface area contributed by atoms with E-state index in [2.05, 4.69) is 17.0 Å². The van der Waals surface area contributed by atoms with E-state index in [0.717, 1.165) is 25.2 Å². The molecule has 0 saturated carbocycles. The van der Waals surface area contributed by atoms with E-state index >= 15 is 0 Å². The molecule has 1 fully saturated rings. The normalized spacial score (nSPS) is 14.7. The number of piperazine rings is 1. The van der Waals surface area contributed by atoms with Crippen molar-refractivity contribution in [2.75, 3.05) is 37.0 Å². The summed E-state index contributed by atoms with van der Waals surface area (Å²) in [5.74, 6) is -0.224. The largest absolute Gasteiger partial charge is 0.339 e. The van der Waals surface area contributed by atoms with Gasteiger partial charge in [0.25, 0.3) is 10.0 Å². The number of halogens is 1. The molecule has 0 aromatic heterocycles. The molecule has 1 amide bonds. The van der Waals surface area contributed by atoms with Gasteiger partial charge in [-0.3, -0.25) is 14.0 Å². The summed E-state index contributed by atoms with van der Waals surface area (Å²) in [7, 11) is -3.96. The molecule has 8 heteroatoms. The number of carbonyl (C=O) groups is 1. The van der Waals surface area contributed by atoms with Crippen molar-refractivity contribution in [3.05, 3.63) is 95.0 Å². The van der Waals surface area contributed by atoms with Crippen molar-refractivity contribution in [1.29, 1.82) is 0 Å². The molecule has 1 aliphatic heterocycles. The third-order valence-electron chi connectivity index (χ3n) is 6.02. The van der Waals surface area contributed by atoms with Crippen LogP contribution in [0.2, 0.25) is 5.02 Å². The summed E-state index contributed by atoms with van der Waals surface area (Å²) in [6, 6.07) is 23.5. The number of hydrogen-bond donors (Lipinski definition) is 0. The summed E-state index contributed by atoms with van der Waals surface area (Å²) >= 11 is 6.20. The summed E-state index contributed by atoms with van der Waals surface area (Å²) < 4.78 is 28.3. The number of aryl methyl sites for hydroxylation is 1. The van der Waals surface area contributed by atoms with E-state index in [1.807, 2.05) is 25.1 Å². The number of sulfonamides is 1. The fraction of sp³-hybridized carbons (Fsp3) is 0.269. The maximum absolute atomic E-state index is 13.6. The van der Waals surface area contributed by atoms with E-state index in [4.69, 9.17) is 11.6 Å². The van der Waals surface area contributed by atoms with Gasteiger partial charge in [-0.15, -0.1) is 0 Å². The maximum atomic E-state index is 13.6. The predicted octanol–water partition coefficient (Wildman–Crippen LogP) is 4.19. The van der Waals surface area contributed by atoms with Gasteiger partial charge in [0, 0.05) is 37.7 Å². The molecule has 1 aliphatic rings. The highest BCUT2D eigenvalue weighted by Crippen LogP contribution is 2.29. The van der Waals surface area contributed by atoms with Crippen molar-refractivity contribution in [1.82, 2.24) is 9.80 Å². The van der Waals surface area contributed by atoms with Gasteiger partial charge in [-0.05, 0) is 42.3 Å². The smallest absolute Gasteiger partial charge is 0.264 e. The first kappa shape index (κ1) is 24.3. The molecule has 1 heterocycles. The molecule has 6 nitrogen and oxygen atoms in total. The Morgan fingerprint density at radius 1 is 0.912 bits per heavy atom. The molecule has 178 valence electrons. The molecule has 0 bridgehead atoms. The van der Waals surface area contributed by atoms with E-state index in [1.54, 1.807) is 41.3 Å². The Labute approximate surface area is 206 Å². The fourth-order valence-electron chi connectivity index (χ4n) is 4.09. The monoisotopic (exact) mass is 497 g/mol. The highest BCUT2D eigenvalue weighted by Gasteiger charge is 2.31. The molecular weight excluding hydrogens is 470 g/mol. The van der Waals surface area contributed by atoms with Crippen molar-refractivity contribution in [3.63, 3.8) is 0 Å². The van der Waals surface area contributed by atoms with Crippen molar-refractivity contribution < 1.29 is 13.2 Å². The molecule has 0 radical (unpaired) electrons. The van der Waals surface area contributed by atoms with Crippen LogP contribution in [0.5, 0.6) is 0 Å². The Balaban J connectivity index is 1.52. The standard InChI is InChI=1S/C26H28ClN3O3S/c1-21-12-13-23(27)18-25(21)30(34(32,33)24-10-6-3-7-11-24)20-26(31)29-16-14-28(15-17-29)19-22-8-4-2-5-9-22/h2-13,18H,14-17,19-20H2,1H3. The lowest BCUT2D eigenvalue weighted by molar-refractivity contribution is -0.131. The Hall–Kier alpha value is -2.87. The second-order valence-corrected chi connectivity index (χ2v) is 10.7. The van der Waals surface area contributed by atoms with Gasteiger partial charge in [-0.25, -0.2) is 8.42 Å². The van der Waals surface area contributed by atoms with Crippen LogP contribution in [-0.2, 0) is 21.4 Å². The number of benzene rings is 3. The van der Waals surface area contributed by atoms with Crippen LogP contribution in [0.4, 0.5) is 5.69 Å². The zero-order valence-corrected chi connectivity index (χ0v) is 20.7. The topological polar surface area (TPSA) is 60.9 Å². The molecule has 0 N–H and O–H groups in total. The summed E-state index contributed by atoms with van der Waals surface area (Å²) in [5.41, 5.74) is 2.37. The molecule has 3 aromatic carbocycles. The van der Waals surface area contributed by atoms with Gasteiger partial charge in [-0.1, -0.05) is 66.2 Å². The van der Waals surface area contributed by atoms with Crippen LogP contribution in [0, 0.1) is 6.92 Å². The SMILES string of the molecule is Cc1ccc(Cl)cc1N(CC(=O)N1CCN(Cc2ccccc2)CC1)S(=O)(=O)c1ccccc1. The first-order chi connectivity index (χ1) is 16.3. The molecule has 0 unspecified atom stereocenters. The number of anilines is 1. The van der Waals surface area contributed by atoms with E-state index in [-0.39, 0.29) is 17.3 Å². The minimum Gasteiger partial charge on any atom is -0.339 e. The van der Waals surface area contributed by atoms with E-state index < -0.39 is 10.0 Å². The molecular formula is C26H28ClN3O3S. The second-order valence-electron chi connectivity index (χ2n) is 8.40. The van der Waals surface area contributed by atoms with E-state index in [1.165, 1.54) is 22.0 Å². The summed E-state index contributed by atoms with van der Waals surface area (Å²) in [5, 5.41) is 0.413. The lowest BCUT2D eigenvalue weighted by atomic mass is 10.2. The zero-order valence-electron chi connectivity index (χ0n) is 19.1. The Bertz CT molecular complexity index is 1230. The van der Waals surface area contributed by atoms with Gasteiger partial charge in [0.1, 0.15) is 6.54 Å². The van der Waals surface area contributed by atoms with Gasteiger partial charge >= 0.3 is 0 Å². The van der Waals surface area contributed by atoms with Crippen LogP contribution >= 0.6 is 11.6 Å². The quantitative estimate of drug-likeness (QED) is 0.491. The second kappa shape index (κ2) is 10.6. The molecule has 0 aliphatic carbocycles. The molecule has 4 rings (SSSR count). The predicted molar refractivity (Wildman–Crippen MR) is 135 cm³/mol. The highest BCUT2D eigenvalue weighted by molar-refractivity contribution is 7.92. The van der Waals surface area contributed by atoms with Crippen molar-refractivity contribution in [2.45, 2.75) is 18.4 Å². The van der Waals surface area contributed by atoms with Crippen LogP contribution in [0.15, 0.2) is 83.8 Å². The Morgan fingerprint density at radius 2 is 1.53 bits per heavy atom. The van der Waals surface area contributed by atoms with Gasteiger partial charge in [-0.2, -0.15) is 0 Å². The molecule has 0 spiro atoms. The van der Waals surface area contributed by atoms with Gasteiger partial charge in [0.15, 0.2) is 0 Å². The van der Waals surface area contributed by atoms with Crippen LogP contribution in [0.3, 0.4) is 0 Å². The lowest BCUT2D eigenvalue weighted by Crippen LogP contribution is -2.51. The molecule has 0 atom stereocenters. The number of amides is 1. The first-order valence-corrected chi connectivity index (χ1v) is 13.0. The fourth-order valence-corrected chi connectivity index (χ4v) is 5.75. The van der Waals surface area contributed by atoms with Gasteiger partial charge in [0.05, 0.1) is 10.6 Å². The molecule has 34 heavy (non-hydrogen) atoms. The number of nitrogens with zero attached hydrogens (tertiary/aromatic N) is 3. The Morgan fingerprint density at radius 3 is 2.18 bits per heavy atom. The first-order valence-electron chi connectivity index (χ1n) is 11.2. The zero-order chi connectivity index (χ0) is 24.1. The van der Waals surface area contributed by atoms with Crippen LogP contribution in [0.25, 0.3) is 0 Å². The summed E-state index contributed by atoms with van der Waals surface area (Å²) in [6.45, 7) is 4.95.